The minimum absolute atomic E-state index is 0.0147. The second kappa shape index (κ2) is 14.0. The first-order valence-corrected chi connectivity index (χ1v) is 14.1. The molecule has 3 amide bonds. The van der Waals surface area contributed by atoms with Crippen molar-refractivity contribution in [3.8, 4) is 0 Å². The molecule has 0 unspecified atom stereocenters. The lowest BCUT2D eigenvalue weighted by molar-refractivity contribution is -0.125. The third-order valence-corrected chi connectivity index (χ3v) is 8.09. The third kappa shape index (κ3) is 9.19. The van der Waals surface area contributed by atoms with Crippen molar-refractivity contribution in [1.29, 1.82) is 0 Å². The van der Waals surface area contributed by atoms with Gasteiger partial charge in [-0.3, -0.25) is 9.69 Å². The van der Waals surface area contributed by atoms with Gasteiger partial charge >= 0.3 is 6.03 Å². The van der Waals surface area contributed by atoms with Gasteiger partial charge in [0.2, 0.25) is 5.91 Å². The minimum Gasteiger partial charge on any atom is -0.379 e. The number of carbonyl (C=O) groups excluding carboxylic acids is 2. The highest BCUT2D eigenvalue weighted by atomic mass is 32.1. The number of nitrogens with zero attached hydrogens (tertiary/aromatic N) is 4. The molecule has 2 rings (SSSR count). The van der Waals surface area contributed by atoms with Gasteiger partial charge in [-0.2, -0.15) is 0 Å². The lowest BCUT2D eigenvalue weighted by Gasteiger charge is -2.28. The summed E-state index contributed by atoms with van der Waals surface area (Å²) >= 11 is 11.1. The molecule has 0 saturated carbocycles. The van der Waals surface area contributed by atoms with E-state index >= 15 is 0 Å². The molecule has 2 saturated heterocycles. The lowest BCUT2D eigenvalue weighted by Crippen LogP contribution is -2.35. The number of thiocarbonyl (C=S) groups is 2. The van der Waals surface area contributed by atoms with Crippen molar-refractivity contribution in [3.05, 3.63) is 0 Å². The van der Waals surface area contributed by atoms with Crippen LogP contribution in [0.15, 0.2) is 0 Å². The second-order valence-electron chi connectivity index (χ2n) is 11.2. The summed E-state index contributed by atoms with van der Waals surface area (Å²) in [5.74, 6) is -0.0969. The van der Waals surface area contributed by atoms with Crippen LogP contribution < -0.4 is 0 Å². The highest BCUT2D eigenvalue weighted by molar-refractivity contribution is 7.82. The predicted molar refractivity (Wildman–Crippen MR) is 151 cm³/mol. The first kappa shape index (κ1) is 30.9. The molecule has 0 radical (unpaired) electrons. The molecule has 0 spiro atoms. The Hall–Kier alpha value is -1.36. The van der Waals surface area contributed by atoms with Crippen LogP contribution in [0.2, 0.25) is 0 Å². The molecule has 0 aromatic carbocycles. The maximum atomic E-state index is 12.2. The topological polar surface area (TPSA) is 65.6 Å². The molecule has 10 heteroatoms. The van der Waals surface area contributed by atoms with Gasteiger partial charge < -0.3 is 24.2 Å². The van der Waals surface area contributed by atoms with E-state index in [4.69, 9.17) is 33.9 Å². The molecule has 2 heterocycles. The number of ether oxygens (including phenoxy) is 2. The summed E-state index contributed by atoms with van der Waals surface area (Å²) in [6, 6.07) is -0.166. The summed E-state index contributed by atoms with van der Waals surface area (Å²) in [4.78, 5) is 32.4. The van der Waals surface area contributed by atoms with Crippen LogP contribution in [0.3, 0.4) is 0 Å². The van der Waals surface area contributed by atoms with Crippen LogP contribution in [-0.2, 0) is 14.3 Å². The van der Waals surface area contributed by atoms with Gasteiger partial charge in [-0.15, -0.1) is 0 Å². The Morgan fingerprint density at radius 1 is 0.722 bits per heavy atom. The van der Waals surface area contributed by atoms with Gasteiger partial charge in [-0.1, -0.05) is 39.9 Å². The number of hydrogen-bond acceptors (Lipinski definition) is 6. The summed E-state index contributed by atoms with van der Waals surface area (Å²) in [7, 11) is 0. The molecule has 0 N–H and O–H groups in total. The van der Waals surface area contributed by atoms with Crippen LogP contribution in [-0.4, -0.2) is 107 Å². The van der Waals surface area contributed by atoms with Crippen molar-refractivity contribution in [2.75, 3.05) is 65.7 Å². The number of carbonyl (C=O) groups is 2. The van der Waals surface area contributed by atoms with Crippen LogP contribution >= 0.6 is 24.4 Å². The molecule has 206 valence electrons. The van der Waals surface area contributed by atoms with E-state index in [1.165, 1.54) is 4.90 Å². The average Bonchev–Trinajstić information content (AvgIpc) is 3.25. The maximum Gasteiger partial charge on any atom is 0.327 e. The molecule has 2 aliphatic rings. The van der Waals surface area contributed by atoms with Crippen LogP contribution in [0.25, 0.3) is 0 Å². The Bertz CT molecular complexity index is 726. The number of amides is 3. The smallest absolute Gasteiger partial charge is 0.327 e. The van der Waals surface area contributed by atoms with E-state index in [0.717, 1.165) is 55.4 Å². The van der Waals surface area contributed by atoms with E-state index in [1.54, 1.807) is 4.90 Å². The molecule has 0 aromatic rings. The minimum atomic E-state index is -0.166. The highest BCUT2D eigenvalue weighted by Crippen LogP contribution is 2.28. The monoisotopic (exact) mass is 542 g/mol. The molecular weight excluding hydrogens is 496 g/mol. The Morgan fingerprint density at radius 3 is 1.67 bits per heavy atom. The molecule has 0 atom stereocenters. The molecule has 2 aliphatic heterocycles. The van der Waals surface area contributed by atoms with Gasteiger partial charge in [0, 0.05) is 39.4 Å². The zero-order valence-corrected chi connectivity index (χ0v) is 24.8. The average molecular weight is 543 g/mol. The van der Waals surface area contributed by atoms with Gasteiger partial charge in [0.15, 0.2) is 5.11 Å². The summed E-state index contributed by atoms with van der Waals surface area (Å²) in [5.41, 5.74) is 0.126. The first-order valence-electron chi connectivity index (χ1n) is 13.2. The number of rotatable bonds is 17. The molecule has 0 aromatic heterocycles. The van der Waals surface area contributed by atoms with Crippen molar-refractivity contribution in [2.45, 2.75) is 67.2 Å². The Morgan fingerprint density at radius 2 is 1.22 bits per heavy atom. The van der Waals surface area contributed by atoms with Gasteiger partial charge in [0.25, 0.3) is 0 Å². The van der Waals surface area contributed by atoms with Crippen LogP contribution in [0.4, 0.5) is 4.79 Å². The number of likely N-dealkylation sites (N-methyl/N-ethyl adjacent to an activating group) is 2. The largest absolute Gasteiger partial charge is 0.379 e. The van der Waals surface area contributed by atoms with E-state index in [9.17, 15) is 9.59 Å². The Labute approximate surface area is 228 Å². The van der Waals surface area contributed by atoms with Crippen LogP contribution in [0.5, 0.6) is 0 Å². The summed E-state index contributed by atoms with van der Waals surface area (Å²) < 4.78 is 11.6. The van der Waals surface area contributed by atoms with Crippen molar-refractivity contribution in [3.63, 3.8) is 0 Å². The SMILES string of the molecule is CCN1CC(=O)N(CCC(C)(C)CCOCCOCCC(C)(C)CCN2C(=S)CN(CC)C2=S)C1=O. The first-order chi connectivity index (χ1) is 16.9. The summed E-state index contributed by atoms with van der Waals surface area (Å²) in [6.07, 6.45) is 3.60. The molecule has 0 bridgehead atoms. The fourth-order valence-electron chi connectivity index (χ4n) is 4.22. The Kier molecular flexibility index (Phi) is 12.0. The fraction of sp³-hybridized carbons (Fsp3) is 0.846. The molecule has 0 aliphatic carbocycles. The zero-order valence-electron chi connectivity index (χ0n) is 23.1. The Balaban J connectivity index is 1.54. The highest BCUT2D eigenvalue weighted by Gasteiger charge is 2.35. The number of hydrogen-bond donors (Lipinski definition) is 0. The maximum absolute atomic E-state index is 12.2. The number of imide groups is 1. The lowest BCUT2D eigenvalue weighted by atomic mass is 9.86. The molecule has 36 heavy (non-hydrogen) atoms. The zero-order chi connectivity index (χ0) is 26.9. The van der Waals surface area contributed by atoms with E-state index in [2.05, 4.69) is 44.4 Å². The van der Waals surface area contributed by atoms with E-state index in [1.807, 2.05) is 6.92 Å². The van der Waals surface area contributed by atoms with Crippen molar-refractivity contribution < 1.29 is 19.1 Å². The van der Waals surface area contributed by atoms with E-state index in [0.29, 0.717) is 39.5 Å². The van der Waals surface area contributed by atoms with Gasteiger partial charge in [0.05, 0.1) is 19.8 Å². The molecule has 8 nitrogen and oxygen atoms in total. The standard InChI is InChI=1S/C26H46N4O4S2/c1-7-27-19-21(31)29(23(27)32)13-9-25(3,4)11-15-33-17-18-34-16-12-26(5,6)10-14-30-22(35)20-28(8-2)24(30)36/h7-20H2,1-6H3. The summed E-state index contributed by atoms with van der Waals surface area (Å²) in [6.45, 7) is 19.0. The van der Waals surface area contributed by atoms with Gasteiger partial charge in [-0.25, -0.2) is 4.79 Å². The van der Waals surface area contributed by atoms with E-state index in [-0.39, 0.29) is 29.3 Å². The van der Waals surface area contributed by atoms with Crippen molar-refractivity contribution >= 4 is 46.5 Å². The van der Waals surface area contributed by atoms with Crippen LogP contribution in [0.1, 0.15) is 67.2 Å². The van der Waals surface area contributed by atoms with Gasteiger partial charge in [0.1, 0.15) is 11.5 Å². The molecule has 2 fully saturated rings. The quantitative estimate of drug-likeness (QED) is 0.154. The molecular formula is C26H46N4O4S2. The van der Waals surface area contributed by atoms with Crippen molar-refractivity contribution in [1.82, 2.24) is 19.6 Å². The fourth-order valence-corrected chi connectivity index (χ4v) is 5.01. The number of urea groups is 1. The summed E-state index contributed by atoms with van der Waals surface area (Å²) in [5, 5.41) is 0.857. The van der Waals surface area contributed by atoms with Gasteiger partial charge in [-0.05, 0) is 62.6 Å². The predicted octanol–water partition coefficient (Wildman–Crippen LogP) is 4.17. The van der Waals surface area contributed by atoms with Crippen LogP contribution in [0, 0.1) is 10.8 Å². The third-order valence-electron chi connectivity index (χ3n) is 7.26. The normalized spacial score (nSPS) is 17.4. The van der Waals surface area contributed by atoms with E-state index < -0.39 is 0 Å². The second-order valence-corrected chi connectivity index (χ2v) is 12.1. The van der Waals surface area contributed by atoms with Crippen molar-refractivity contribution in [2.24, 2.45) is 10.8 Å².